The molecule has 0 saturated heterocycles. The van der Waals surface area contributed by atoms with Crippen LogP contribution in [0.5, 0.6) is 115 Å². The summed E-state index contributed by atoms with van der Waals surface area (Å²) in [6.45, 7) is -1.63. The maximum Gasteiger partial charge on any atom is 0.339 e. The monoisotopic (exact) mass is 1210 g/mol. The van der Waals surface area contributed by atoms with E-state index in [2.05, 4.69) is 0 Å². The Morgan fingerprint density at radius 3 is 1.46 bits per heavy atom. The summed E-state index contributed by atoms with van der Waals surface area (Å²) in [5.41, 5.74) is -13.3. The largest absolute Gasteiger partial charge is 0.507 e. The van der Waals surface area contributed by atoms with E-state index < -0.39 is 267 Å². The predicted molar refractivity (Wildman–Crippen MR) is 277 cm³/mol. The molecule has 3 unspecified atom stereocenters. The van der Waals surface area contributed by atoms with Crippen molar-refractivity contribution in [3.8, 4) is 137 Å². The molecule has 7 aromatic rings. The van der Waals surface area contributed by atoms with Crippen LogP contribution in [0.15, 0.2) is 54.6 Å². The minimum Gasteiger partial charge on any atom is -0.507 e. The molecule has 87 heavy (non-hydrogen) atoms. The van der Waals surface area contributed by atoms with Crippen molar-refractivity contribution in [2.24, 2.45) is 0 Å². The first-order valence-corrected chi connectivity index (χ1v) is 24.9. The van der Waals surface area contributed by atoms with Gasteiger partial charge in [-0.25, -0.2) is 24.0 Å². The van der Waals surface area contributed by atoms with Gasteiger partial charge in [-0.2, -0.15) is 0 Å². The Morgan fingerprint density at radius 2 is 0.908 bits per heavy atom. The zero-order valence-electron chi connectivity index (χ0n) is 43.1. The van der Waals surface area contributed by atoms with Crippen LogP contribution in [0.1, 0.15) is 86.1 Å². The molecule has 0 amide bonds. The molecule has 0 saturated carbocycles. The Labute approximate surface area is 480 Å². The van der Waals surface area contributed by atoms with Gasteiger partial charge in [-0.1, -0.05) is 6.07 Å². The van der Waals surface area contributed by atoms with E-state index >= 15 is 14.4 Å². The molecule has 7 atom stereocenters. The molecule has 0 radical (unpaired) electrons. The summed E-state index contributed by atoms with van der Waals surface area (Å²) >= 11 is 0. The normalized spacial score (nSPS) is 20.4. The van der Waals surface area contributed by atoms with Gasteiger partial charge in [0.1, 0.15) is 30.0 Å². The second-order valence-corrected chi connectivity index (χ2v) is 19.9. The molecule has 450 valence electrons. The van der Waals surface area contributed by atoms with E-state index in [0.29, 0.717) is 36.4 Å². The number of rotatable bonds is 5. The van der Waals surface area contributed by atoms with Gasteiger partial charge in [-0.3, -0.25) is 0 Å². The van der Waals surface area contributed by atoms with Gasteiger partial charge in [0.15, 0.2) is 99.2 Å². The molecular formula is C56H40O31. The number of phenols is 19. The van der Waals surface area contributed by atoms with Crippen LogP contribution in [0.3, 0.4) is 0 Å². The smallest absolute Gasteiger partial charge is 0.339 e. The molecule has 31 nitrogen and oxygen atoms in total. The second kappa shape index (κ2) is 20.0. The van der Waals surface area contributed by atoms with E-state index in [1.807, 2.05) is 0 Å². The van der Waals surface area contributed by atoms with Gasteiger partial charge in [0.2, 0.25) is 23.0 Å². The Morgan fingerprint density at radius 1 is 0.414 bits per heavy atom. The lowest BCUT2D eigenvalue weighted by Crippen LogP contribution is -2.56. The van der Waals surface area contributed by atoms with Crippen LogP contribution in [-0.4, -0.2) is 169 Å². The van der Waals surface area contributed by atoms with E-state index in [9.17, 15) is 112 Å². The van der Waals surface area contributed by atoms with Crippen LogP contribution in [0.2, 0.25) is 0 Å². The summed E-state index contributed by atoms with van der Waals surface area (Å²) in [4.78, 5) is 74.7. The number of aromatic hydroxyl groups is 19. The summed E-state index contributed by atoms with van der Waals surface area (Å²) in [5.74, 6) is -38.0. The van der Waals surface area contributed by atoms with Crippen molar-refractivity contribution >= 4 is 29.8 Å². The number of ether oxygens (including phenoxy) is 6. The van der Waals surface area contributed by atoms with Crippen molar-refractivity contribution in [3.63, 3.8) is 0 Å². The number of hydrogen-bond acceptors (Lipinski definition) is 31. The minimum atomic E-state index is -3.00. The molecule has 2 bridgehead atoms. The third-order valence-corrected chi connectivity index (χ3v) is 14.9. The van der Waals surface area contributed by atoms with E-state index in [1.165, 1.54) is 0 Å². The predicted octanol–water partition coefficient (Wildman–Crippen LogP) is 3.30. The van der Waals surface area contributed by atoms with Crippen molar-refractivity contribution in [3.05, 3.63) is 105 Å². The van der Waals surface area contributed by atoms with E-state index in [0.717, 1.165) is 18.2 Å². The molecule has 20 N–H and O–H groups in total. The van der Waals surface area contributed by atoms with Crippen LogP contribution in [0.4, 0.5) is 0 Å². The zero-order chi connectivity index (χ0) is 63.0. The summed E-state index contributed by atoms with van der Waals surface area (Å²) < 4.78 is 35.6. The third-order valence-electron chi connectivity index (χ3n) is 14.9. The van der Waals surface area contributed by atoms with Crippen molar-refractivity contribution in [2.45, 2.75) is 49.0 Å². The molecule has 0 fully saturated rings. The molecule has 0 spiro atoms. The number of phenolic OH excluding ortho intramolecular Hbond substituents is 19. The summed E-state index contributed by atoms with van der Waals surface area (Å²) in [7, 11) is 0. The second-order valence-electron chi connectivity index (χ2n) is 19.9. The minimum absolute atomic E-state index is 0.140. The quantitative estimate of drug-likeness (QED) is 0.0668. The molecule has 31 heteroatoms. The lowest BCUT2D eigenvalue weighted by atomic mass is 9.73. The third kappa shape index (κ3) is 8.66. The van der Waals surface area contributed by atoms with Gasteiger partial charge < -0.3 is 131 Å². The molecule has 7 aromatic carbocycles. The van der Waals surface area contributed by atoms with Crippen molar-refractivity contribution in [1.82, 2.24) is 0 Å². The Bertz CT molecular complexity index is 4220. The van der Waals surface area contributed by atoms with Gasteiger partial charge >= 0.3 is 29.8 Å². The fourth-order valence-corrected chi connectivity index (χ4v) is 10.9. The fraction of sp³-hybridized carbons (Fsp3) is 0.161. The number of aliphatic hydroxyl groups is 1. The highest BCUT2D eigenvalue weighted by Crippen LogP contribution is 2.62. The van der Waals surface area contributed by atoms with Gasteiger partial charge in [-0.15, -0.1) is 0 Å². The van der Waals surface area contributed by atoms with Crippen molar-refractivity contribution in [2.75, 3.05) is 6.61 Å². The fourth-order valence-electron chi connectivity index (χ4n) is 10.9. The van der Waals surface area contributed by atoms with Crippen molar-refractivity contribution < 1.29 is 155 Å². The lowest BCUT2D eigenvalue weighted by molar-refractivity contribution is -0.135. The van der Waals surface area contributed by atoms with Crippen LogP contribution in [-0.2, 0) is 30.1 Å². The van der Waals surface area contributed by atoms with Gasteiger partial charge in [0, 0.05) is 51.4 Å². The Balaban J connectivity index is 1.25. The van der Waals surface area contributed by atoms with Crippen molar-refractivity contribution in [1.29, 1.82) is 0 Å². The topological polar surface area (TPSA) is 545 Å². The van der Waals surface area contributed by atoms with Crippen LogP contribution in [0, 0.1) is 0 Å². The Hall–Kier alpha value is -12.2. The van der Waals surface area contributed by atoms with Gasteiger partial charge in [-0.05, 0) is 48.0 Å². The zero-order valence-corrected chi connectivity index (χ0v) is 43.1. The number of hydrogen-bond donors (Lipinski definition) is 20. The standard InChI is InChI=1S/C56H40O31/c57-18-2-1-12(3-20(18)59)47-27(66)6-14-19(58)10-21(60)32(48(14)84-47)35-34-36-33(44(74)46(76)45(34)75)31-17(9-26(65)40(70)43(31)73)55(80)87-51(50(35)86-56(36)81)49-28(83-52(77)13-4-22(61)37(67)23(62)5-13)11-82-53(78)15-7-24(63)38(68)41(71)29(15)30-16(54(79)85-49)8-25(64)39(69)42(30)72/h1-5,7-10,27-28,35,47,49-51,57-76H,6,11H2/t27?,28-,35-,47?,49-,50+,51?/m1/s1. The molecule has 4 heterocycles. The number of esters is 5. The average Bonchev–Trinajstić information content (AvgIpc) is 0.817. The average molecular weight is 1210 g/mol. The molecular weight excluding hydrogens is 1170 g/mol. The molecule has 0 aromatic heterocycles. The highest BCUT2D eigenvalue weighted by Gasteiger charge is 2.57. The van der Waals surface area contributed by atoms with Crippen LogP contribution in [0.25, 0.3) is 22.3 Å². The first-order chi connectivity index (χ1) is 41.0. The van der Waals surface area contributed by atoms with Gasteiger partial charge in [0.05, 0.1) is 39.8 Å². The van der Waals surface area contributed by atoms with E-state index in [4.69, 9.17) is 28.4 Å². The Kier molecular flexibility index (Phi) is 13.1. The van der Waals surface area contributed by atoms with Gasteiger partial charge in [0.25, 0.3) is 0 Å². The lowest BCUT2D eigenvalue weighted by Gasteiger charge is -2.43. The number of carbonyl (C=O) groups excluding carboxylic acids is 5. The first kappa shape index (κ1) is 56.7. The maximum atomic E-state index is 15.3. The van der Waals surface area contributed by atoms with Crippen LogP contribution < -0.4 is 4.74 Å². The summed E-state index contributed by atoms with van der Waals surface area (Å²) in [6.07, 6.45) is -15.7. The maximum absolute atomic E-state index is 15.3. The summed E-state index contributed by atoms with van der Waals surface area (Å²) in [5, 5.41) is 222. The highest BCUT2D eigenvalue weighted by atomic mass is 16.6. The molecule has 0 aliphatic carbocycles. The van der Waals surface area contributed by atoms with E-state index in [1.54, 1.807) is 0 Å². The molecule has 4 aliphatic rings. The number of aliphatic hydroxyl groups excluding tert-OH is 1. The molecule has 4 aliphatic heterocycles. The van der Waals surface area contributed by atoms with Crippen LogP contribution >= 0.6 is 0 Å². The summed E-state index contributed by atoms with van der Waals surface area (Å²) in [6, 6.07) is 5.59. The molecule has 11 rings (SSSR count). The number of carbonyl (C=O) groups is 5. The number of fused-ring (bicyclic) bond motifs is 8. The van der Waals surface area contributed by atoms with E-state index in [-0.39, 0.29) is 5.56 Å². The highest BCUT2D eigenvalue weighted by molar-refractivity contribution is 6.11. The SMILES string of the molecule is O=C(O[C@@H]1COC(=O)c2cc(O)c(O)c(O)c2-c2c(cc(O)c(O)c2O)C(=O)O[C@H]1C1OC(=O)c2cc(O)c(O)c(O)c2-c2c(O)c(O)c(O)c3c2C(=O)O[C@H]1[C@@H]3c1c(O)cc(O)c2c1OC(c1ccc(O)c(O)c1)C(O)C2)c1cc(O)c(O)c(O)c1. The first-order valence-electron chi connectivity index (χ1n) is 24.9. The number of benzene rings is 7. The number of cyclic esters (lactones) is 3.